The number of piperidine rings is 1. The number of likely N-dealkylation sites (N-methyl/N-ethyl adjacent to an activating group) is 1. The number of carbonyl (C=O) groups excluding carboxylic acids is 1. The Bertz CT molecular complexity index is 819. The Morgan fingerprint density at radius 1 is 1.17 bits per heavy atom. The fraction of sp³-hybridized carbons (Fsp3) is 0.571. The van der Waals surface area contributed by atoms with Crippen LogP contribution in [-0.4, -0.2) is 70.9 Å². The molecule has 0 N–H and O–H groups in total. The lowest BCUT2D eigenvalue weighted by molar-refractivity contribution is -0.137. The molecule has 0 saturated carbocycles. The molecule has 3 heterocycles. The SMILES string of the molecule is CCN1CCN(C(=O)[C@@H]2CCCN(c3nc(Cc4ccc(F)cc4)ns3)C2)CC1. The Morgan fingerprint density at radius 3 is 2.66 bits per heavy atom. The largest absolute Gasteiger partial charge is 0.346 e. The molecule has 0 bridgehead atoms. The molecule has 0 radical (unpaired) electrons. The van der Waals surface area contributed by atoms with Crippen molar-refractivity contribution in [3.8, 4) is 0 Å². The second-order valence-electron chi connectivity index (χ2n) is 7.84. The van der Waals surface area contributed by atoms with Crippen molar-refractivity contribution < 1.29 is 9.18 Å². The maximum atomic E-state index is 13.1. The molecule has 2 aliphatic heterocycles. The second-order valence-corrected chi connectivity index (χ2v) is 8.57. The predicted octanol–water partition coefficient (Wildman–Crippen LogP) is 2.65. The van der Waals surface area contributed by atoms with Crippen LogP contribution < -0.4 is 4.90 Å². The number of piperazine rings is 1. The standard InChI is InChI=1S/C21H28FN5OS/c1-2-25-10-12-26(13-11-25)20(28)17-4-3-9-27(15-17)21-23-19(24-29-21)14-16-5-7-18(22)8-6-16/h5-8,17H,2-4,9-15H2,1H3/t17-/m1/s1. The van der Waals surface area contributed by atoms with Gasteiger partial charge in [0, 0.05) is 57.2 Å². The summed E-state index contributed by atoms with van der Waals surface area (Å²) < 4.78 is 17.6. The molecule has 1 atom stereocenters. The smallest absolute Gasteiger partial charge is 0.227 e. The Hall–Kier alpha value is -2.06. The molecule has 1 aromatic carbocycles. The molecule has 1 aromatic heterocycles. The minimum absolute atomic E-state index is 0.0429. The lowest BCUT2D eigenvalue weighted by Gasteiger charge is -2.38. The first-order valence-corrected chi connectivity index (χ1v) is 11.2. The molecule has 156 valence electrons. The third-order valence-electron chi connectivity index (χ3n) is 5.91. The van der Waals surface area contributed by atoms with Crippen molar-refractivity contribution in [2.75, 3.05) is 50.7 Å². The third kappa shape index (κ3) is 4.93. The van der Waals surface area contributed by atoms with Gasteiger partial charge in [0.2, 0.25) is 11.0 Å². The van der Waals surface area contributed by atoms with Gasteiger partial charge in [-0.05, 0) is 37.1 Å². The molecule has 0 spiro atoms. The van der Waals surface area contributed by atoms with Gasteiger partial charge in [-0.15, -0.1) is 0 Å². The quantitative estimate of drug-likeness (QED) is 0.749. The van der Waals surface area contributed by atoms with Crippen molar-refractivity contribution in [1.82, 2.24) is 19.2 Å². The summed E-state index contributed by atoms with van der Waals surface area (Å²) in [5, 5.41) is 0.885. The van der Waals surface area contributed by atoms with Gasteiger partial charge >= 0.3 is 0 Å². The molecule has 6 nitrogen and oxygen atoms in total. The number of halogens is 1. The van der Waals surface area contributed by atoms with Crippen LogP contribution in [0.5, 0.6) is 0 Å². The highest BCUT2D eigenvalue weighted by molar-refractivity contribution is 7.09. The summed E-state index contributed by atoms with van der Waals surface area (Å²) in [6, 6.07) is 6.46. The number of aromatic nitrogens is 2. The van der Waals surface area contributed by atoms with Gasteiger partial charge in [0.1, 0.15) is 11.6 Å². The molecule has 0 unspecified atom stereocenters. The van der Waals surface area contributed by atoms with Gasteiger partial charge in [-0.1, -0.05) is 19.1 Å². The van der Waals surface area contributed by atoms with E-state index in [0.29, 0.717) is 12.3 Å². The molecule has 2 fully saturated rings. The van der Waals surface area contributed by atoms with Gasteiger partial charge < -0.3 is 14.7 Å². The highest BCUT2D eigenvalue weighted by atomic mass is 32.1. The Morgan fingerprint density at radius 2 is 1.93 bits per heavy atom. The normalized spacial score (nSPS) is 20.8. The average Bonchev–Trinajstić information content (AvgIpc) is 3.23. The fourth-order valence-corrected chi connectivity index (χ4v) is 4.84. The van der Waals surface area contributed by atoms with Crippen LogP contribution in [0.1, 0.15) is 31.2 Å². The summed E-state index contributed by atoms with van der Waals surface area (Å²) in [7, 11) is 0. The molecule has 29 heavy (non-hydrogen) atoms. The van der Waals surface area contributed by atoms with Gasteiger partial charge in [0.15, 0.2) is 0 Å². The van der Waals surface area contributed by atoms with Crippen LogP contribution in [0.3, 0.4) is 0 Å². The van der Waals surface area contributed by atoms with Gasteiger partial charge in [-0.2, -0.15) is 4.37 Å². The minimum atomic E-state index is -0.235. The number of hydrogen-bond donors (Lipinski definition) is 0. The summed E-state index contributed by atoms with van der Waals surface area (Å²) >= 11 is 1.39. The van der Waals surface area contributed by atoms with Gasteiger partial charge in [-0.3, -0.25) is 4.79 Å². The van der Waals surface area contributed by atoms with Crippen molar-refractivity contribution in [3.05, 3.63) is 41.5 Å². The van der Waals surface area contributed by atoms with Crippen molar-refractivity contribution in [3.63, 3.8) is 0 Å². The van der Waals surface area contributed by atoms with Crippen LogP contribution in [-0.2, 0) is 11.2 Å². The predicted molar refractivity (Wildman–Crippen MR) is 113 cm³/mol. The van der Waals surface area contributed by atoms with Crippen LogP contribution in [0, 0.1) is 11.7 Å². The first kappa shape index (κ1) is 20.2. The zero-order valence-corrected chi connectivity index (χ0v) is 17.7. The van der Waals surface area contributed by atoms with E-state index in [0.717, 1.165) is 75.2 Å². The van der Waals surface area contributed by atoms with Crippen molar-refractivity contribution in [2.24, 2.45) is 5.92 Å². The highest BCUT2D eigenvalue weighted by Gasteiger charge is 2.31. The van der Waals surface area contributed by atoms with Crippen LogP contribution >= 0.6 is 11.5 Å². The molecule has 4 rings (SSSR count). The Kier molecular flexibility index (Phi) is 6.40. The van der Waals surface area contributed by atoms with Crippen molar-refractivity contribution in [2.45, 2.75) is 26.2 Å². The third-order valence-corrected chi connectivity index (χ3v) is 6.72. The Balaban J connectivity index is 1.35. The zero-order chi connectivity index (χ0) is 20.2. The van der Waals surface area contributed by atoms with E-state index in [2.05, 4.69) is 26.1 Å². The number of hydrogen-bond acceptors (Lipinski definition) is 6. The maximum absolute atomic E-state index is 13.1. The first-order chi connectivity index (χ1) is 14.1. The van der Waals surface area contributed by atoms with Crippen LogP contribution in [0.4, 0.5) is 9.52 Å². The fourth-order valence-electron chi connectivity index (χ4n) is 4.12. The molecule has 8 heteroatoms. The molecule has 1 amide bonds. The number of anilines is 1. The van der Waals surface area contributed by atoms with E-state index in [1.807, 2.05) is 4.90 Å². The van der Waals surface area contributed by atoms with Crippen LogP contribution in [0.2, 0.25) is 0 Å². The van der Waals surface area contributed by atoms with E-state index in [-0.39, 0.29) is 11.7 Å². The summed E-state index contributed by atoms with van der Waals surface area (Å²) in [5.41, 5.74) is 0.994. The van der Waals surface area contributed by atoms with Crippen molar-refractivity contribution in [1.29, 1.82) is 0 Å². The van der Waals surface area contributed by atoms with Gasteiger partial charge in [0.25, 0.3) is 0 Å². The summed E-state index contributed by atoms with van der Waals surface area (Å²) in [6.45, 7) is 8.48. The number of benzene rings is 1. The topological polar surface area (TPSA) is 52.6 Å². The number of carbonyl (C=O) groups is 1. The number of rotatable bonds is 5. The van der Waals surface area contributed by atoms with E-state index < -0.39 is 0 Å². The monoisotopic (exact) mass is 417 g/mol. The number of amides is 1. The summed E-state index contributed by atoms with van der Waals surface area (Å²) in [6.07, 6.45) is 2.54. The zero-order valence-electron chi connectivity index (χ0n) is 16.9. The van der Waals surface area contributed by atoms with E-state index in [1.165, 1.54) is 23.7 Å². The number of nitrogens with zero attached hydrogens (tertiary/aromatic N) is 5. The van der Waals surface area contributed by atoms with E-state index in [1.54, 1.807) is 12.1 Å². The lowest BCUT2D eigenvalue weighted by Crippen LogP contribution is -2.52. The molecule has 2 saturated heterocycles. The minimum Gasteiger partial charge on any atom is -0.346 e. The molecule has 0 aliphatic carbocycles. The van der Waals surface area contributed by atoms with Gasteiger partial charge in [0.05, 0.1) is 5.92 Å². The van der Waals surface area contributed by atoms with Crippen molar-refractivity contribution >= 4 is 22.6 Å². The molecule has 2 aromatic rings. The first-order valence-electron chi connectivity index (χ1n) is 10.5. The van der Waals surface area contributed by atoms with Crippen LogP contribution in [0.25, 0.3) is 0 Å². The average molecular weight is 418 g/mol. The van der Waals surface area contributed by atoms with Crippen LogP contribution in [0.15, 0.2) is 24.3 Å². The van der Waals surface area contributed by atoms with E-state index in [9.17, 15) is 9.18 Å². The van der Waals surface area contributed by atoms with E-state index in [4.69, 9.17) is 0 Å². The summed E-state index contributed by atoms with van der Waals surface area (Å²) in [4.78, 5) is 24.3. The molecular weight excluding hydrogens is 389 g/mol. The lowest BCUT2D eigenvalue weighted by atomic mass is 9.96. The Labute approximate surface area is 175 Å². The highest BCUT2D eigenvalue weighted by Crippen LogP contribution is 2.26. The second kappa shape index (κ2) is 9.17. The maximum Gasteiger partial charge on any atom is 0.227 e. The molecular formula is C21H28FN5OS. The summed E-state index contributed by atoms with van der Waals surface area (Å²) in [5.74, 6) is 0.851. The molecule has 2 aliphatic rings. The van der Waals surface area contributed by atoms with E-state index >= 15 is 0 Å². The van der Waals surface area contributed by atoms with Gasteiger partial charge in [-0.25, -0.2) is 9.37 Å².